The van der Waals surface area contributed by atoms with Gasteiger partial charge in [0, 0.05) is 13.0 Å². The minimum atomic E-state index is -2.58. The zero-order valence-electron chi connectivity index (χ0n) is 20.2. The molecule has 0 N–H and O–H groups in total. The fourth-order valence-corrected chi connectivity index (χ4v) is 9.81. The van der Waals surface area contributed by atoms with Crippen molar-refractivity contribution in [2.75, 3.05) is 0 Å². The van der Waals surface area contributed by atoms with Crippen molar-refractivity contribution in [2.24, 2.45) is 13.0 Å². The van der Waals surface area contributed by atoms with E-state index in [4.69, 9.17) is 4.43 Å². The van der Waals surface area contributed by atoms with Crippen LogP contribution in [0.5, 0.6) is 0 Å². The molecule has 1 aliphatic rings. The minimum Gasteiger partial charge on any atom is -0.400 e. The van der Waals surface area contributed by atoms with E-state index in [0.29, 0.717) is 12.5 Å². The van der Waals surface area contributed by atoms with Crippen molar-refractivity contribution in [1.82, 2.24) is 14.8 Å². The molecule has 32 heavy (non-hydrogen) atoms. The molecule has 0 aliphatic heterocycles. The van der Waals surface area contributed by atoms with E-state index in [0.717, 1.165) is 17.6 Å². The maximum atomic E-state index is 7.07. The number of hydrogen-bond acceptors (Lipinski definition) is 3. The molecule has 4 rings (SSSR count). The molecular formula is C27H37N3OSi. The summed E-state index contributed by atoms with van der Waals surface area (Å²) < 4.78 is 9.26. The van der Waals surface area contributed by atoms with Crippen molar-refractivity contribution in [2.45, 2.75) is 70.9 Å². The highest BCUT2D eigenvalue weighted by Crippen LogP contribution is 2.38. The zero-order chi connectivity index (χ0) is 22.8. The highest BCUT2D eigenvalue weighted by molar-refractivity contribution is 6.99. The Kier molecular flexibility index (Phi) is 6.68. The maximum absolute atomic E-state index is 7.07. The molecule has 0 amide bonds. The highest BCUT2D eigenvalue weighted by atomic mass is 28.4. The fraction of sp³-hybridized carbons (Fsp3) is 0.481. The lowest BCUT2D eigenvalue weighted by Crippen LogP contribution is -2.66. The van der Waals surface area contributed by atoms with Gasteiger partial charge in [-0.2, -0.15) is 0 Å². The monoisotopic (exact) mass is 447 g/mol. The quantitative estimate of drug-likeness (QED) is 0.489. The molecular weight excluding hydrogens is 410 g/mol. The molecule has 0 bridgehead atoms. The molecule has 0 atom stereocenters. The molecule has 170 valence electrons. The third kappa shape index (κ3) is 4.33. The van der Waals surface area contributed by atoms with E-state index in [2.05, 4.69) is 110 Å². The SMILES string of the molecule is CC1CCC(c2nnc(CO[Si](c3ccccc3)(c3ccccc3)C(C)(C)C)n2C)CC1. The Balaban J connectivity index is 1.68. The molecule has 1 aliphatic carbocycles. The lowest BCUT2D eigenvalue weighted by atomic mass is 9.82. The van der Waals surface area contributed by atoms with Gasteiger partial charge in [-0.25, -0.2) is 0 Å². The van der Waals surface area contributed by atoms with Crippen LogP contribution in [-0.4, -0.2) is 23.1 Å². The van der Waals surface area contributed by atoms with Crippen molar-refractivity contribution in [3.05, 3.63) is 72.3 Å². The molecule has 1 aromatic heterocycles. The van der Waals surface area contributed by atoms with E-state index in [9.17, 15) is 0 Å². The van der Waals surface area contributed by atoms with Crippen LogP contribution in [0.4, 0.5) is 0 Å². The molecule has 0 unspecified atom stereocenters. The van der Waals surface area contributed by atoms with Gasteiger partial charge < -0.3 is 8.99 Å². The van der Waals surface area contributed by atoms with Crippen LogP contribution >= 0.6 is 0 Å². The molecule has 1 saturated carbocycles. The number of nitrogens with zero attached hydrogens (tertiary/aromatic N) is 3. The van der Waals surface area contributed by atoms with Crippen LogP contribution in [0.15, 0.2) is 60.7 Å². The molecule has 5 heteroatoms. The van der Waals surface area contributed by atoms with E-state index in [1.807, 2.05) is 0 Å². The minimum absolute atomic E-state index is 0.0450. The highest BCUT2D eigenvalue weighted by Gasteiger charge is 2.50. The summed E-state index contributed by atoms with van der Waals surface area (Å²) in [5.41, 5.74) is 0. The Morgan fingerprint density at radius 1 is 0.875 bits per heavy atom. The predicted molar refractivity (Wildman–Crippen MR) is 134 cm³/mol. The first-order valence-corrected chi connectivity index (χ1v) is 13.9. The van der Waals surface area contributed by atoms with E-state index in [1.54, 1.807) is 0 Å². The average molecular weight is 448 g/mol. The van der Waals surface area contributed by atoms with Gasteiger partial charge in [0.15, 0.2) is 5.82 Å². The number of benzene rings is 2. The number of hydrogen-bond donors (Lipinski definition) is 0. The lowest BCUT2D eigenvalue weighted by molar-refractivity contribution is 0.271. The maximum Gasteiger partial charge on any atom is 0.261 e. The van der Waals surface area contributed by atoms with Gasteiger partial charge in [0.1, 0.15) is 5.82 Å². The first-order valence-electron chi connectivity index (χ1n) is 12.0. The van der Waals surface area contributed by atoms with Crippen LogP contribution in [0, 0.1) is 5.92 Å². The average Bonchev–Trinajstić information content (AvgIpc) is 3.16. The normalized spacial score (nSPS) is 19.8. The largest absolute Gasteiger partial charge is 0.400 e. The second-order valence-corrected chi connectivity index (χ2v) is 14.7. The number of rotatable bonds is 6. The molecule has 1 fully saturated rings. The molecule has 0 spiro atoms. The summed E-state index contributed by atoms with van der Waals surface area (Å²) in [6.07, 6.45) is 4.99. The summed E-state index contributed by atoms with van der Waals surface area (Å²) in [5.74, 6) is 3.40. The Hall–Kier alpha value is -2.24. The summed E-state index contributed by atoms with van der Waals surface area (Å²) in [4.78, 5) is 0. The van der Waals surface area contributed by atoms with Gasteiger partial charge in [-0.1, -0.05) is 101 Å². The van der Waals surface area contributed by atoms with Crippen molar-refractivity contribution in [1.29, 1.82) is 0 Å². The topological polar surface area (TPSA) is 39.9 Å². The number of aromatic nitrogens is 3. The third-order valence-corrected chi connectivity index (χ3v) is 12.2. The summed E-state index contributed by atoms with van der Waals surface area (Å²) in [7, 11) is -0.467. The third-order valence-electron chi connectivity index (χ3n) is 7.21. The van der Waals surface area contributed by atoms with Crippen LogP contribution in [0.25, 0.3) is 0 Å². The Morgan fingerprint density at radius 3 is 1.91 bits per heavy atom. The van der Waals surface area contributed by atoms with E-state index in [1.165, 1.54) is 36.1 Å². The van der Waals surface area contributed by atoms with Crippen LogP contribution in [0.2, 0.25) is 5.04 Å². The van der Waals surface area contributed by atoms with Crippen LogP contribution in [-0.2, 0) is 18.1 Å². The van der Waals surface area contributed by atoms with Gasteiger partial charge >= 0.3 is 0 Å². The summed E-state index contributed by atoms with van der Waals surface area (Å²) in [6.45, 7) is 9.76. The molecule has 1 heterocycles. The molecule has 2 aromatic carbocycles. The second kappa shape index (κ2) is 9.32. The Morgan fingerprint density at radius 2 is 1.41 bits per heavy atom. The van der Waals surface area contributed by atoms with Crippen molar-refractivity contribution < 1.29 is 4.43 Å². The van der Waals surface area contributed by atoms with Crippen LogP contribution < -0.4 is 10.4 Å². The van der Waals surface area contributed by atoms with E-state index in [-0.39, 0.29) is 5.04 Å². The van der Waals surface area contributed by atoms with Gasteiger partial charge in [-0.15, -0.1) is 10.2 Å². The summed E-state index contributed by atoms with van der Waals surface area (Å²) in [6, 6.07) is 21.6. The standard InChI is InChI=1S/C27H37N3OSi/c1-21-16-18-22(19-17-21)26-29-28-25(30(26)5)20-31-32(27(2,3)4,23-12-8-6-9-13-23)24-14-10-7-11-15-24/h6-15,21-22H,16-20H2,1-5H3. The second-order valence-electron chi connectivity index (χ2n) is 10.4. The van der Waals surface area contributed by atoms with Gasteiger partial charge in [-0.3, -0.25) is 0 Å². The van der Waals surface area contributed by atoms with Crippen molar-refractivity contribution >= 4 is 18.7 Å². The van der Waals surface area contributed by atoms with Gasteiger partial charge in [0.2, 0.25) is 0 Å². The predicted octanol–water partition coefficient (Wildman–Crippen LogP) is 5.19. The van der Waals surface area contributed by atoms with Gasteiger partial charge in [0.25, 0.3) is 8.32 Å². The summed E-state index contributed by atoms with van der Waals surface area (Å²) in [5, 5.41) is 11.8. The first-order chi connectivity index (χ1) is 15.3. The van der Waals surface area contributed by atoms with E-state index < -0.39 is 8.32 Å². The van der Waals surface area contributed by atoms with Crippen molar-refractivity contribution in [3.8, 4) is 0 Å². The van der Waals surface area contributed by atoms with Gasteiger partial charge in [0.05, 0.1) is 6.61 Å². The van der Waals surface area contributed by atoms with Crippen molar-refractivity contribution in [3.63, 3.8) is 0 Å². The van der Waals surface area contributed by atoms with E-state index >= 15 is 0 Å². The van der Waals surface area contributed by atoms with Crippen LogP contribution in [0.3, 0.4) is 0 Å². The Bertz CT molecular complexity index is 963. The smallest absolute Gasteiger partial charge is 0.261 e. The lowest BCUT2D eigenvalue weighted by Gasteiger charge is -2.42. The molecule has 3 aromatic rings. The summed E-state index contributed by atoms with van der Waals surface area (Å²) >= 11 is 0. The van der Waals surface area contributed by atoms with Gasteiger partial charge in [-0.05, 0) is 34.2 Å². The molecule has 4 nitrogen and oxygen atoms in total. The molecule has 0 saturated heterocycles. The van der Waals surface area contributed by atoms with Crippen LogP contribution in [0.1, 0.15) is 70.9 Å². The molecule has 0 radical (unpaired) electrons. The zero-order valence-corrected chi connectivity index (χ0v) is 21.2. The first kappa shape index (κ1) is 22.9. The Labute approximate surface area is 194 Å². The fourth-order valence-electron chi connectivity index (χ4n) is 5.31.